The average molecular weight is 390 g/mol. The van der Waals surface area contributed by atoms with Crippen molar-refractivity contribution >= 4 is 34.9 Å². The zero-order valence-electron chi connectivity index (χ0n) is 15.0. The van der Waals surface area contributed by atoms with Crippen molar-refractivity contribution in [2.24, 2.45) is 11.7 Å². The highest BCUT2D eigenvalue weighted by molar-refractivity contribution is 8.01. The predicted octanol–water partition coefficient (Wildman–Crippen LogP) is 3.15. The first-order valence-electron chi connectivity index (χ1n) is 8.65. The van der Waals surface area contributed by atoms with Crippen molar-refractivity contribution < 1.29 is 9.59 Å². The molecule has 1 aromatic carbocycles. The van der Waals surface area contributed by atoms with Gasteiger partial charge in [-0.3, -0.25) is 9.59 Å². The van der Waals surface area contributed by atoms with Gasteiger partial charge in [-0.15, -0.1) is 11.3 Å². The Balaban J connectivity index is 1.57. The Kier molecular flexibility index (Phi) is 5.98. The van der Waals surface area contributed by atoms with E-state index in [-0.39, 0.29) is 24.3 Å². The summed E-state index contributed by atoms with van der Waals surface area (Å²) in [5.41, 5.74) is 8.45. The molecule has 1 fully saturated rings. The van der Waals surface area contributed by atoms with Gasteiger partial charge in [-0.25, -0.2) is 4.98 Å². The van der Waals surface area contributed by atoms with Crippen LogP contribution in [-0.2, 0) is 16.0 Å². The Morgan fingerprint density at radius 3 is 2.62 bits per heavy atom. The molecule has 1 aliphatic carbocycles. The standard InChI is InChI=1S/C19H23N3O2S2/c1-11-3-5-13(6-4-11)18(14-7-8-14)22-17(24)10-25-19-21-12(2)15(26-19)9-16(20)23/h3-6,14,18H,7-10H2,1-2H3,(H2,20,23)(H,22,24). The number of benzene rings is 1. The molecule has 7 heteroatoms. The second-order valence-corrected chi connectivity index (χ2v) is 9.02. The number of amides is 2. The molecule has 138 valence electrons. The number of thioether (sulfide) groups is 1. The molecule has 0 saturated heterocycles. The molecule has 1 unspecified atom stereocenters. The third-order valence-electron chi connectivity index (χ3n) is 4.38. The van der Waals surface area contributed by atoms with Crippen LogP contribution in [-0.4, -0.2) is 22.6 Å². The molecule has 2 amide bonds. The van der Waals surface area contributed by atoms with E-state index < -0.39 is 0 Å². The number of primary amides is 1. The van der Waals surface area contributed by atoms with E-state index in [1.165, 1.54) is 34.2 Å². The summed E-state index contributed by atoms with van der Waals surface area (Å²) in [6, 6.07) is 8.47. The minimum absolute atomic E-state index is 0.0109. The Morgan fingerprint density at radius 1 is 1.31 bits per heavy atom. The molecule has 0 bridgehead atoms. The van der Waals surface area contributed by atoms with E-state index in [1.54, 1.807) is 0 Å². The molecule has 2 aromatic rings. The first-order valence-corrected chi connectivity index (χ1v) is 10.5. The number of aryl methyl sites for hydroxylation is 2. The fourth-order valence-electron chi connectivity index (χ4n) is 2.80. The van der Waals surface area contributed by atoms with Gasteiger partial charge in [-0.2, -0.15) is 0 Å². The van der Waals surface area contributed by atoms with Crippen LogP contribution < -0.4 is 11.1 Å². The van der Waals surface area contributed by atoms with Crippen molar-refractivity contribution in [2.45, 2.75) is 43.5 Å². The van der Waals surface area contributed by atoms with Gasteiger partial charge in [0.2, 0.25) is 11.8 Å². The van der Waals surface area contributed by atoms with Crippen molar-refractivity contribution in [1.82, 2.24) is 10.3 Å². The predicted molar refractivity (Wildman–Crippen MR) is 105 cm³/mol. The number of nitrogens with one attached hydrogen (secondary N) is 1. The first-order chi connectivity index (χ1) is 12.4. The maximum absolute atomic E-state index is 12.4. The largest absolute Gasteiger partial charge is 0.369 e. The number of hydrogen-bond acceptors (Lipinski definition) is 5. The monoisotopic (exact) mass is 389 g/mol. The summed E-state index contributed by atoms with van der Waals surface area (Å²) < 4.78 is 0.798. The lowest BCUT2D eigenvalue weighted by Gasteiger charge is -2.19. The Hall–Kier alpha value is -1.86. The zero-order chi connectivity index (χ0) is 18.7. The molecule has 26 heavy (non-hydrogen) atoms. The molecule has 3 N–H and O–H groups in total. The van der Waals surface area contributed by atoms with Gasteiger partial charge in [-0.05, 0) is 38.2 Å². The van der Waals surface area contributed by atoms with Crippen molar-refractivity contribution in [3.05, 3.63) is 46.0 Å². The number of nitrogens with zero attached hydrogens (tertiary/aromatic N) is 1. The summed E-state index contributed by atoms with van der Waals surface area (Å²) in [5, 5.41) is 3.18. The average Bonchev–Trinajstić information content (AvgIpc) is 3.37. The quantitative estimate of drug-likeness (QED) is 0.679. The molecule has 5 nitrogen and oxygen atoms in total. The summed E-state index contributed by atoms with van der Waals surface area (Å²) in [5.74, 6) is 0.502. The number of carbonyl (C=O) groups is 2. The van der Waals surface area contributed by atoms with E-state index in [2.05, 4.69) is 41.5 Å². The lowest BCUT2D eigenvalue weighted by atomic mass is 10.0. The highest BCUT2D eigenvalue weighted by Crippen LogP contribution is 2.41. The van der Waals surface area contributed by atoms with Gasteiger partial charge in [-0.1, -0.05) is 41.6 Å². The second-order valence-electron chi connectivity index (χ2n) is 6.71. The van der Waals surface area contributed by atoms with Gasteiger partial charge in [0.1, 0.15) is 0 Å². The van der Waals surface area contributed by atoms with Crippen molar-refractivity contribution in [2.75, 3.05) is 5.75 Å². The zero-order valence-corrected chi connectivity index (χ0v) is 16.6. The molecular formula is C19H23N3O2S2. The molecule has 1 saturated carbocycles. The van der Waals surface area contributed by atoms with Gasteiger partial charge < -0.3 is 11.1 Å². The second kappa shape index (κ2) is 8.22. The summed E-state index contributed by atoms with van der Waals surface area (Å²) in [4.78, 5) is 28.8. The van der Waals surface area contributed by atoms with Gasteiger partial charge >= 0.3 is 0 Å². The fourth-order valence-corrected chi connectivity index (χ4v) is 4.86. The van der Waals surface area contributed by atoms with Crippen molar-refractivity contribution in [1.29, 1.82) is 0 Å². The topological polar surface area (TPSA) is 85.1 Å². The molecular weight excluding hydrogens is 366 g/mol. The lowest BCUT2D eigenvalue weighted by molar-refractivity contribution is -0.119. The maximum atomic E-state index is 12.4. The molecule has 1 atom stereocenters. The van der Waals surface area contributed by atoms with Gasteiger partial charge in [0, 0.05) is 4.88 Å². The van der Waals surface area contributed by atoms with Crippen LogP contribution in [0.5, 0.6) is 0 Å². The third-order valence-corrected chi connectivity index (χ3v) is 6.68. The van der Waals surface area contributed by atoms with Crippen LogP contribution in [0.4, 0.5) is 0 Å². The van der Waals surface area contributed by atoms with E-state index in [9.17, 15) is 9.59 Å². The lowest BCUT2D eigenvalue weighted by Crippen LogP contribution is -2.31. The highest BCUT2D eigenvalue weighted by atomic mass is 32.2. The van der Waals surface area contributed by atoms with E-state index in [4.69, 9.17) is 5.73 Å². The van der Waals surface area contributed by atoms with Crippen LogP contribution in [0, 0.1) is 19.8 Å². The molecule has 1 aliphatic rings. The third kappa shape index (κ3) is 5.08. The number of thiazole rings is 1. The minimum Gasteiger partial charge on any atom is -0.369 e. The number of carbonyl (C=O) groups excluding carboxylic acids is 2. The molecule has 0 radical (unpaired) electrons. The number of rotatable bonds is 8. The minimum atomic E-state index is -0.364. The Morgan fingerprint density at radius 2 is 2.00 bits per heavy atom. The van der Waals surface area contributed by atoms with Gasteiger partial charge in [0.15, 0.2) is 4.34 Å². The van der Waals surface area contributed by atoms with Crippen LogP contribution in [0.25, 0.3) is 0 Å². The van der Waals surface area contributed by atoms with Crippen LogP contribution in [0.2, 0.25) is 0 Å². The molecule has 0 spiro atoms. The van der Waals surface area contributed by atoms with E-state index in [0.717, 1.165) is 27.8 Å². The van der Waals surface area contributed by atoms with Gasteiger partial charge in [0.05, 0.1) is 23.9 Å². The molecule has 1 aromatic heterocycles. The normalized spacial score (nSPS) is 14.8. The van der Waals surface area contributed by atoms with Crippen LogP contribution in [0.3, 0.4) is 0 Å². The van der Waals surface area contributed by atoms with Crippen LogP contribution in [0.1, 0.15) is 40.6 Å². The van der Waals surface area contributed by atoms with Crippen molar-refractivity contribution in [3.8, 4) is 0 Å². The maximum Gasteiger partial charge on any atom is 0.230 e. The molecule has 3 rings (SSSR count). The highest BCUT2D eigenvalue weighted by Gasteiger charge is 2.33. The van der Waals surface area contributed by atoms with Crippen LogP contribution >= 0.6 is 23.1 Å². The van der Waals surface area contributed by atoms with Crippen molar-refractivity contribution in [3.63, 3.8) is 0 Å². The molecule has 0 aliphatic heterocycles. The smallest absolute Gasteiger partial charge is 0.230 e. The Bertz CT molecular complexity index is 798. The van der Waals surface area contributed by atoms with E-state index >= 15 is 0 Å². The van der Waals surface area contributed by atoms with E-state index in [1.807, 2.05) is 6.92 Å². The van der Waals surface area contributed by atoms with E-state index in [0.29, 0.717) is 11.7 Å². The summed E-state index contributed by atoms with van der Waals surface area (Å²) in [7, 11) is 0. The first kappa shape index (κ1) is 18.9. The van der Waals surface area contributed by atoms with Crippen LogP contribution in [0.15, 0.2) is 28.6 Å². The number of nitrogens with two attached hydrogens (primary N) is 1. The Labute approximate surface area is 161 Å². The fraction of sp³-hybridized carbons (Fsp3) is 0.421. The summed E-state index contributed by atoms with van der Waals surface area (Å²) in [6.45, 7) is 3.92. The van der Waals surface area contributed by atoms with Gasteiger partial charge in [0.25, 0.3) is 0 Å². The SMILES string of the molecule is Cc1ccc(C(NC(=O)CSc2nc(C)c(CC(N)=O)s2)C2CC2)cc1. The number of aromatic nitrogens is 1. The number of hydrogen-bond donors (Lipinski definition) is 2. The molecule has 1 heterocycles. The summed E-state index contributed by atoms with van der Waals surface area (Å²) in [6.07, 6.45) is 2.52. The summed E-state index contributed by atoms with van der Waals surface area (Å²) >= 11 is 2.84.